The van der Waals surface area contributed by atoms with Crippen LogP contribution in [0.25, 0.3) is 0 Å². The van der Waals surface area contributed by atoms with Crippen molar-refractivity contribution in [3.8, 4) is 0 Å². The third kappa shape index (κ3) is 1.60. The third-order valence-electron chi connectivity index (χ3n) is 3.31. The van der Waals surface area contributed by atoms with Crippen molar-refractivity contribution in [2.24, 2.45) is 0 Å². The second-order valence-corrected chi connectivity index (χ2v) is 4.36. The first-order valence-corrected chi connectivity index (χ1v) is 5.76. The minimum atomic E-state index is 0.187. The van der Waals surface area contributed by atoms with Crippen LogP contribution in [0.15, 0.2) is 4.79 Å². The van der Waals surface area contributed by atoms with Crippen LogP contribution >= 0.6 is 0 Å². The van der Waals surface area contributed by atoms with Gasteiger partial charge in [-0.05, 0) is 33.1 Å². The summed E-state index contributed by atoms with van der Waals surface area (Å²) in [6.07, 6.45) is 3.98. The Labute approximate surface area is 90.2 Å². The molecule has 0 N–H and O–H groups in total. The molecule has 1 unspecified atom stereocenters. The molecular formula is C12H18N2O. The second kappa shape index (κ2) is 3.80. The standard InChI is InChI=1S/C12H18N2O/c1-4-10-9(3)13-11-7-5-6-8(2)14(11)12(10)15/h8H,4-7H2,1-3H3. The van der Waals surface area contributed by atoms with Crippen LogP contribution in [0, 0.1) is 6.92 Å². The van der Waals surface area contributed by atoms with Crippen LogP contribution in [0.2, 0.25) is 0 Å². The lowest BCUT2D eigenvalue weighted by atomic mass is 10.0. The van der Waals surface area contributed by atoms with Crippen LogP contribution in [0.5, 0.6) is 0 Å². The normalized spacial score (nSPS) is 20.1. The Morgan fingerprint density at radius 3 is 2.93 bits per heavy atom. The molecule has 1 aromatic heterocycles. The van der Waals surface area contributed by atoms with Crippen LogP contribution in [-0.2, 0) is 12.8 Å². The van der Waals surface area contributed by atoms with Gasteiger partial charge in [-0.1, -0.05) is 6.92 Å². The molecule has 3 nitrogen and oxygen atoms in total. The highest BCUT2D eigenvalue weighted by molar-refractivity contribution is 5.18. The fraction of sp³-hybridized carbons (Fsp3) is 0.667. The van der Waals surface area contributed by atoms with Gasteiger partial charge < -0.3 is 0 Å². The van der Waals surface area contributed by atoms with Gasteiger partial charge in [-0.15, -0.1) is 0 Å². The van der Waals surface area contributed by atoms with Crippen molar-refractivity contribution in [1.82, 2.24) is 9.55 Å². The highest BCUT2D eigenvalue weighted by Gasteiger charge is 2.20. The van der Waals surface area contributed by atoms with E-state index >= 15 is 0 Å². The van der Waals surface area contributed by atoms with E-state index in [2.05, 4.69) is 11.9 Å². The summed E-state index contributed by atoms with van der Waals surface area (Å²) in [5.74, 6) is 0.980. The summed E-state index contributed by atoms with van der Waals surface area (Å²) in [6.45, 7) is 6.08. The Morgan fingerprint density at radius 2 is 2.27 bits per heavy atom. The number of nitrogens with zero attached hydrogens (tertiary/aromatic N) is 2. The second-order valence-electron chi connectivity index (χ2n) is 4.36. The first kappa shape index (κ1) is 10.4. The third-order valence-corrected chi connectivity index (χ3v) is 3.31. The maximum Gasteiger partial charge on any atom is 0.257 e. The zero-order chi connectivity index (χ0) is 11.0. The van der Waals surface area contributed by atoms with E-state index in [0.717, 1.165) is 42.8 Å². The molecular weight excluding hydrogens is 188 g/mol. The van der Waals surface area contributed by atoms with Crippen molar-refractivity contribution in [2.45, 2.75) is 52.5 Å². The number of hydrogen-bond acceptors (Lipinski definition) is 2. The van der Waals surface area contributed by atoms with Gasteiger partial charge in [-0.3, -0.25) is 9.36 Å². The summed E-state index contributed by atoms with van der Waals surface area (Å²) in [7, 11) is 0. The van der Waals surface area contributed by atoms with Crippen LogP contribution in [0.1, 0.15) is 49.8 Å². The molecule has 0 saturated heterocycles. The number of aryl methyl sites for hydroxylation is 2. The van der Waals surface area contributed by atoms with E-state index in [1.54, 1.807) is 0 Å². The number of fused-ring (bicyclic) bond motifs is 1. The predicted molar refractivity (Wildman–Crippen MR) is 60.3 cm³/mol. The summed E-state index contributed by atoms with van der Waals surface area (Å²) in [6, 6.07) is 0.319. The minimum Gasteiger partial charge on any atom is -0.294 e. The lowest BCUT2D eigenvalue weighted by molar-refractivity contribution is 0.401. The van der Waals surface area contributed by atoms with E-state index in [-0.39, 0.29) is 5.56 Å². The Balaban J connectivity index is 2.68. The Morgan fingerprint density at radius 1 is 1.53 bits per heavy atom. The molecule has 15 heavy (non-hydrogen) atoms. The van der Waals surface area contributed by atoms with Crippen LogP contribution in [-0.4, -0.2) is 9.55 Å². The van der Waals surface area contributed by atoms with Crippen molar-refractivity contribution < 1.29 is 0 Å². The Kier molecular flexibility index (Phi) is 2.63. The van der Waals surface area contributed by atoms with E-state index in [4.69, 9.17) is 0 Å². The smallest absolute Gasteiger partial charge is 0.257 e. The largest absolute Gasteiger partial charge is 0.294 e. The van der Waals surface area contributed by atoms with Crippen LogP contribution in [0.4, 0.5) is 0 Å². The maximum absolute atomic E-state index is 12.2. The molecule has 0 bridgehead atoms. The first-order chi connectivity index (χ1) is 7.15. The van der Waals surface area contributed by atoms with Gasteiger partial charge in [0.1, 0.15) is 5.82 Å². The van der Waals surface area contributed by atoms with E-state index in [9.17, 15) is 4.79 Å². The maximum atomic E-state index is 12.2. The molecule has 0 spiro atoms. The van der Waals surface area contributed by atoms with Gasteiger partial charge in [0.2, 0.25) is 0 Å². The topological polar surface area (TPSA) is 34.9 Å². The zero-order valence-corrected chi connectivity index (χ0v) is 9.71. The molecule has 1 atom stereocenters. The van der Waals surface area contributed by atoms with Crippen molar-refractivity contribution in [3.63, 3.8) is 0 Å². The summed E-state index contributed by atoms with van der Waals surface area (Å²) >= 11 is 0. The average Bonchev–Trinajstić information content (AvgIpc) is 2.17. The zero-order valence-electron chi connectivity index (χ0n) is 9.71. The van der Waals surface area contributed by atoms with Gasteiger partial charge in [0, 0.05) is 23.7 Å². The molecule has 2 rings (SSSR count). The monoisotopic (exact) mass is 206 g/mol. The van der Waals surface area contributed by atoms with Crippen LogP contribution < -0.4 is 5.56 Å². The molecule has 0 radical (unpaired) electrons. The summed E-state index contributed by atoms with van der Waals surface area (Å²) in [5.41, 5.74) is 1.99. The summed E-state index contributed by atoms with van der Waals surface area (Å²) in [5, 5.41) is 0. The molecule has 0 aromatic carbocycles. The first-order valence-electron chi connectivity index (χ1n) is 5.76. The highest BCUT2D eigenvalue weighted by Crippen LogP contribution is 2.21. The van der Waals surface area contributed by atoms with E-state index < -0.39 is 0 Å². The van der Waals surface area contributed by atoms with E-state index in [1.807, 2.05) is 18.4 Å². The molecule has 1 aliphatic heterocycles. The minimum absolute atomic E-state index is 0.187. The van der Waals surface area contributed by atoms with Gasteiger partial charge >= 0.3 is 0 Å². The van der Waals surface area contributed by atoms with E-state index in [0.29, 0.717) is 6.04 Å². The fourth-order valence-electron chi connectivity index (χ4n) is 2.45. The number of hydrogen-bond donors (Lipinski definition) is 0. The van der Waals surface area contributed by atoms with Gasteiger partial charge in [-0.25, -0.2) is 4.98 Å². The van der Waals surface area contributed by atoms with Crippen molar-refractivity contribution in [3.05, 3.63) is 27.4 Å². The molecule has 0 aliphatic carbocycles. The molecule has 0 fully saturated rings. The van der Waals surface area contributed by atoms with Crippen molar-refractivity contribution in [2.75, 3.05) is 0 Å². The number of aromatic nitrogens is 2. The molecule has 0 amide bonds. The SMILES string of the molecule is CCc1c(C)nc2n(c1=O)C(C)CCC2. The van der Waals surface area contributed by atoms with Gasteiger partial charge in [0.05, 0.1) is 0 Å². The Hall–Kier alpha value is -1.12. The van der Waals surface area contributed by atoms with Crippen molar-refractivity contribution >= 4 is 0 Å². The van der Waals surface area contributed by atoms with Gasteiger partial charge in [-0.2, -0.15) is 0 Å². The van der Waals surface area contributed by atoms with Gasteiger partial charge in [0.15, 0.2) is 0 Å². The average molecular weight is 206 g/mol. The summed E-state index contributed by atoms with van der Waals surface area (Å²) in [4.78, 5) is 16.8. The molecule has 82 valence electrons. The lowest BCUT2D eigenvalue weighted by Crippen LogP contribution is -2.34. The Bertz CT molecular complexity index is 434. The number of rotatable bonds is 1. The summed E-state index contributed by atoms with van der Waals surface area (Å²) < 4.78 is 1.90. The predicted octanol–water partition coefficient (Wildman–Crippen LogP) is 2.01. The molecule has 1 aromatic rings. The lowest BCUT2D eigenvalue weighted by Gasteiger charge is -2.25. The van der Waals surface area contributed by atoms with Gasteiger partial charge in [0.25, 0.3) is 5.56 Å². The van der Waals surface area contributed by atoms with Crippen molar-refractivity contribution in [1.29, 1.82) is 0 Å². The highest BCUT2D eigenvalue weighted by atomic mass is 16.1. The van der Waals surface area contributed by atoms with Crippen LogP contribution in [0.3, 0.4) is 0 Å². The fourth-order valence-corrected chi connectivity index (χ4v) is 2.45. The quantitative estimate of drug-likeness (QED) is 0.704. The molecule has 3 heteroatoms. The molecule has 1 aliphatic rings. The van der Waals surface area contributed by atoms with E-state index in [1.165, 1.54) is 0 Å². The molecule has 2 heterocycles. The molecule has 0 saturated carbocycles.